The standard InChI is InChI=1S/C10H14FN/c1-10(2,3)8-5-4-7(12)6-9(8)11/h4-6H,12H2,1-3H3. The Morgan fingerprint density at radius 3 is 2.25 bits per heavy atom. The van der Waals surface area contributed by atoms with E-state index in [2.05, 4.69) is 0 Å². The number of nitrogens with two attached hydrogens (primary N) is 1. The summed E-state index contributed by atoms with van der Waals surface area (Å²) in [5.74, 6) is -0.220. The molecule has 66 valence electrons. The normalized spacial score (nSPS) is 11.7. The third-order valence-electron chi connectivity index (χ3n) is 1.80. The van der Waals surface area contributed by atoms with Gasteiger partial charge in [-0.2, -0.15) is 0 Å². The molecule has 1 aromatic rings. The van der Waals surface area contributed by atoms with Crippen LogP contribution >= 0.6 is 0 Å². The SMILES string of the molecule is CC(C)(C)c1ccc(N)cc1F. The largest absolute Gasteiger partial charge is 0.399 e. The number of hydrogen-bond acceptors (Lipinski definition) is 1. The second-order valence-corrected chi connectivity index (χ2v) is 3.99. The van der Waals surface area contributed by atoms with Gasteiger partial charge in [0.25, 0.3) is 0 Å². The first-order valence-electron chi connectivity index (χ1n) is 3.97. The van der Waals surface area contributed by atoms with Crippen molar-refractivity contribution < 1.29 is 4.39 Å². The van der Waals surface area contributed by atoms with E-state index < -0.39 is 0 Å². The number of nitrogen functional groups attached to an aromatic ring is 1. The van der Waals surface area contributed by atoms with E-state index in [0.29, 0.717) is 11.3 Å². The summed E-state index contributed by atoms with van der Waals surface area (Å²) in [4.78, 5) is 0. The van der Waals surface area contributed by atoms with Crippen LogP contribution in [0.4, 0.5) is 10.1 Å². The summed E-state index contributed by atoms with van der Waals surface area (Å²) in [6.07, 6.45) is 0. The van der Waals surface area contributed by atoms with Crippen LogP contribution in [-0.4, -0.2) is 0 Å². The molecular formula is C10H14FN. The van der Waals surface area contributed by atoms with Crippen molar-refractivity contribution in [3.63, 3.8) is 0 Å². The molecule has 2 N–H and O–H groups in total. The summed E-state index contributed by atoms with van der Waals surface area (Å²) in [5, 5.41) is 0. The average molecular weight is 167 g/mol. The molecule has 0 aliphatic heterocycles. The van der Waals surface area contributed by atoms with Crippen molar-refractivity contribution in [3.05, 3.63) is 29.6 Å². The molecule has 0 heterocycles. The van der Waals surface area contributed by atoms with E-state index in [1.807, 2.05) is 20.8 Å². The lowest BCUT2D eigenvalue weighted by Gasteiger charge is -2.19. The molecule has 0 saturated heterocycles. The quantitative estimate of drug-likeness (QED) is 0.591. The first-order valence-corrected chi connectivity index (χ1v) is 3.97. The van der Waals surface area contributed by atoms with Gasteiger partial charge >= 0.3 is 0 Å². The molecule has 0 unspecified atom stereocenters. The average Bonchev–Trinajstić information content (AvgIpc) is 1.83. The van der Waals surface area contributed by atoms with E-state index in [9.17, 15) is 4.39 Å². The maximum atomic E-state index is 13.3. The summed E-state index contributed by atoms with van der Waals surface area (Å²) in [6, 6.07) is 4.83. The summed E-state index contributed by atoms with van der Waals surface area (Å²) >= 11 is 0. The van der Waals surface area contributed by atoms with Crippen molar-refractivity contribution in [2.45, 2.75) is 26.2 Å². The molecule has 0 amide bonds. The predicted molar refractivity (Wildman–Crippen MR) is 49.5 cm³/mol. The molecular weight excluding hydrogens is 153 g/mol. The minimum absolute atomic E-state index is 0.155. The third kappa shape index (κ3) is 1.76. The number of benzene rings is 1. The number of halogens is 1. The zero-order valence-corrected chi connectivity index (χ0v) is 7.69. The Labute approximate surface area is 72.4 Å². The van der Waals surface area contributed by atoms with Crippen molar-refractivity contribution >= 4 is 5.69 Å². The van der Waals surface area contributed by atoms with Gasteiger partial charge in [0.2, 0.25) is 0 Å². The summed E-state index contributed by atoms with van der Waals surface area (Å²) in [6.45, 7) is 5.92. The molecule has 0 fully saturated rings. The number of hydrogen-bond donors (Lipinski definition) is 1. The van der Waals surface area contributed by atoms with Crippen LogP contribution in [0.15, 0.2) is 18.2 Å². The van der Waals surface area contributed by atoms with Gasteiger partial charge in [-0.3, -0.25) is 0 Å². The molecule has 0 spiro atoms. The van der Waals surface area contributed by atoms with Crippen LogP contribution in [0.3, 0.4) is 0 Å². The highest BCUT2D eigenvalue weighted by atomic mass is 19.1. The Bertz CT molecular complexity index is 286. The van der Waals surface area contributed by atoms with Crippen LogP contribution < -0.4 is 5.73 Å². The molecule has 0 saturated carbocycles. The molecule has 12 heavy (non-hydrogen) atoms. The van der Waals surface area contributed by atoms with Gasteiger partial charge < -0.3 is 5.73 Å². The molecule has 0 radical (unpaired) electrons. The Hall–Kier alpha value is -1.05. The van der Waals surface area contributed by atoms with E-state index in [-0.39, 0.29) is 11.2 Å². The van der Waals surface area contributed by atoms with Gasteiger partial charge in [0.15, 0.2) is 0 Å². The first kappa shape index (κ1) is 9.04. The lowest BCUT2D eigenvalue weighted by atomic mass is 9.86. The molecule has 0 atom stereocenters. The predicted octanol–water partition coefficient (Wildman–Crippen LogP) is 2.71. The van der Waals surface area contributed by atoms with Crippen molar-refractivity contribution in [3.8, 4) is 0 Å². The Morgan fingerprint density at radius 1 is 1.25 bits per heavy atom. The van der Waals surface area contributed by atoms with Gasteiger partial charge in [-0.05, 0) is 23.1 Å². The lowest BCUT2D eigenvalue weighted by Crippen LogP contribution is -2.13. The smallest absolute Gasteiger partial charge is 0.128 e. The van der Waals surface area contributed by atoms with Crippen molar-refractivity contribution in [2.24, 2.45) is 0 Å². The van der Waals surface area contributed by atoms with Crippen molar-refractivity contribution in [2.75, 3.05) is 5.73 Å². The number of rotatable bonds is 0. The minimum atomic E-state index is -0.220. The maximum Gasteiger partial charge on any atom is 0.128 e. The highest BCUT2D eigenvalue weighted by Crippen LogP contribution is 2.25. The molecule has 0 bridgehead atoms. The highest BCUT2D eigenvalue weighted by Gasteiger charge is 2.17. The number of anilines is 1. The van der Waals surface area contributed by atoms with Crippen LogP contribution in [0.5, 0.6) is 0 Å². The first-order chi connectivity index (χ1) is 5.41. The Kier molecular flexibility index (Phi) is 2.09. The van der Waals surface area contributed by atoms with E-state index in [0.717, 1.165) is 0 Å². The second-order valence-electron chi connectivity index (χ2n) is 3.99. The molecule has 0 aliphatic carbocycles. The van der Waals surface area contributed by atoms with Gasteiger partial charge in [-0.15, -0.1) is 0 Å². The van der Waals surface area contributed by atoms with Crippen molar-refractivity contribution in [1.82, 2.24) is 0 Å². The molecule has 2 heteroatoms. The summed E-state index contributed by atoms with van der Waals surface area (Å²) < 4.78 is 13.3. The second kappa shape index (κ2) is 2.77. The van der Waals surface area contributed by atoms with Gasteiger partial charge in [0.1, 0.15) is 5.82 Å². The fourth-order valence-electron chi connectivity index (χ4n) is 1.14. The monoisotopic (exact) mass is 167 g/mol. The van der Waals surface area contributed by atoms with Crippen LogP contribution in [0.25, 0.3) is 0 Å². The maximum absolute atomic E-state index is 13.3. The van der Waals surface area contributed by atoms with Crippen LogP contribution in [0, 0.1) is 5.82 Å². The molecule has 1 nitrogen and oxygen atoms in total. The van der Waals surface area contributed by atoms with E-state index in [1.165, 1.54) is 6.07 Å². The highest BCUT2D eigenvalue weighted by molar-refractivity contribution is 5.42. The van der Waals surface area contributed by atoms with Gasteiger partial charge in [0, 0.05) is 5.69 Å². The molecule has 1 aromatic carbocycles. The van der Waals surface area contributed by atoms with Gasteiger partial charge in [-0.1, -0.05) is 26.8 Å². The van der Waals surface area contributed by atoms with Gasteiger partial charge in [-0.25, -0.2) is 4.39 Å². The van der Waals surface area contributed by atoms with E-state index in [1.54, 1.807) is 12.1 Å². The van der Waals surface area contributed by atoms with Crippen LogP contribution in [-0.2, 0) is 5.41 Å². The van der Waals surface area contributed by atoms with Crippen molar-refractivity contribution in [1.29, 1.82) is 0 Å². The van der Waals surface area contributed by atoms with E-state index >= 15 is 0 Å². The van der Waals surface area contributed by atoms with Crippen LogP contribution in [0.1, 0.15) is 26.3 Å². The molecule has 0 aliphatic rings. The topological polar surface area (TPSA) is 26.0 Å². The molecule has 1 rings (SSSR count). The molecule has 0 aromatic heterocycles. The van der Waals surface area contributed by atoms with Crippen LogP contribution in [0.2, 0.25) is 0 Å². The summed E-state index contributed by atoms with van der Waals surface area (Å²) in [5.41, 5.74) is 6.45. The van der Waals surface area contributed by atoms with E-state index in [4.69, 9.17) is 5.73 Å². The lowest BCUT2D eigenvalue weighted by molar-refractivity contribution is 0.523. The minimum Gasteiger partial charge on any atom is -0.399 e. The third-order valence-corrected chi connectivity index (χ3v) is 1.80. The van der Waals surface area contributed by atoms with Gasteiger partial charge in [0.05, 0.1) is 0 Å². The zero-order valence-electron chi connectivity index (χ0n) is 7.69. The summed E-state index contributed by atoms with van der Waals surface area (Å²) in [7, 11) is 0. The Morgan fingerprint density at radius 2 is 1.83 bits per heavy atom. The fourth-order valence-corrected chi connectivity index (χ4v) is 1.14. The Balaban J connectivity index is 3.19. The zero-order chi connectivity index (χ0) is 9.35. The fraction of sp³-hybridized carbons (Fsp3) is 0.400.